The van der Waals surface area contributed by atoms with Crippen LogP contribution in [0.2, 0.25) is 0 Å². The molecule has 0 unspecified atom stereocenters. The maximum atomic E-state index is 11.0. The van der Waals surface area contributed by atoms with E-state index in [9.17, 15) is 14.4 Å². The molecular weight excluding hydrogens is 284 g/mol. The Hall–Kier alpha value is -2.37. The SMILES string of the molecule is CC(N)=O.CCOC(C)=O.C\C1=C/C=C\C=C\C(=O)CCN1. The Bertz CT molecular complexity index is 433. The largest absolute Gasteiger partial charge is 0.466 e. The van der Waals surface area contributed by atoms with Gasteiger partial charge in [0, 0.05) is 32.5 Å². The van der Waals surface area contributed by atoms with Crippen LogP contribution in [0.15, 0.2) is 36.1 Å². The quantitative estimate of drug-likeness (QED) is 0.717. The summed E-state index contributed by atoms with van der Waals surface area (Å²) in [5.41, 5.74) is 5.56. The Labute approximate surface area is 132 Å². The number of ketones is 1. The van der Waals surface area contributed by atoms with Crippen molar-refractivity contribution in [3.05, 3.63) is 36.1 Å². The first-order valence-electron chi connectivity index (χ1n) is 6.97. The number of primary amides is 1. The highest BCUT2D eigenvalue weighted by atomic mass is 16.5. The molecule has 0 radical (unpaired) electrons. The maximum Gasteiger partial charge on any atom is 0.302 e. The third-order valence-electron chi connectivity index (χ3n) is 1.97. The summed E-state index contributed by atoms with van der Waals surface area (Å²) in [5.74, 6) is -0.376. The molecule has 0 aromatic rings. The summed E-state index contributed by atoms with van der Waals surface area (Å²) in [5, 5.41) is 3.14. The van der Waals surface area contributed by atoms with Crippen molar-refractivity contribution in [2.75, 3.05) is 13.2 Å². The van der Waals surface area contributed by atoms with Gasteiger partial charge in [0.25, 0.3) is 0 Å². The first kappa shape index (κ1) is 21.9. The maximum absolute atomic E-state index is 11.0. The molecule has 0 aliphatic carbocycles. The van der Waals surface area contributed by atoms with Gasteiger partial charge in [-0.3, -0.25) is 14.4 Å². The molecule has 0 atom stereocenters. The van der Waals surface area contributed by atoms with Crippen LogP contribution in [0.5, 0.6) is 0 Å². The van der Waals surface area contributed by atoms with E-state index in [1.54, 1.807) is 19.1 Å². The molecule has 1 aliphatic heterocycles. The van der Waals surface area contributed by atoms with E-state index >= 15 is 0 Å². The van der Waals surface area contributed by atoms with Crippen molar-refractivity contribution in [1.29, 1.82) is 0 Å². The van der Waals surface area contributed by atoms with Crippen LogP contribution < -0.4 is 11.1 Å². The lowest BCUT2D eigenvalue weighted by Crippen LogP contribution is -2.15. The lowest BCUT2D eigenvalue weighted by Gasteiger charge is -2.04. The normalized spacial score (nSPS) is 18.5. The highest BCUT2D eigenvalue weighted by Gasteiger charge is 1.95. The van der Waals surface area contributed by atoms with Crippen molar-refractivity contribution in [2.45, 2.75) is 34.1 Å². The van der Waals surface area contributed by atoms with E-state index in [1.807, 2.05) is 25.2 Å². The van der Waals surface area contributed by atoms with Crippen molar-refractivity contribution in [1.82, 2.24) is 5.32 Å². The smallest absolute Gasteiger partial charge is 0.302 e. The molecule has 6 heteroatoms. The van der Waals surface area contributed by atoms with Gasteiger partial charge in [-0.2, -0.15) is 0 Å². The van der Waals surface area contributed by atoms with Crippen LogP contribution in [-0.4, -0.2) is 30.8 Å². The number of nitrogens with one attached hydrogen (secondary N) is 1. The number of carbonyl (C=O) groups is 3. The number of hydrogen-bond acceptors (Lipinski definition) is 5. The second-order valence-electron chi connectivity index (χ2n) is 4.27. The van der Waals surface area contributed by atoms with E-state index in [1.165, 1.54) is 13.8 Å². The predicted molar refractivity (Wildman–Crippen MR) is 86.8 cm³/mol. The zero-order valence-corrected chi connectivity index (χ0v) is 13.7. The van der Waals surface area contributed by atoms with Crippen LogP contribution in [0.1, 0.15) is 34.1 Å². The number of carbonyl (C=O) groups excluding carboxylic acids is 3. The Morgan fingerprint density at radius 1 is 1.27 bits per heavy atom. The minimum atomic E-state index is -0.333. The van der Waals surface area contributed by atoms with Crippen LogP contribution in [0.3, 0.4) is 0 Å². The third kappa shape index (κ3) is 22.8. The summed E-state index contributed by atoms with van der Waals surface area (Å²) in [4.78, 5) is 30.1. The van der Waals surface area contributed by atoms with Gasteiger partial charge in [0.2, 0.25) is 5.91 Å². The zero-order chi connectivity index (χ0) is 17.4. The molecule has 0 aromatic heterocycles. The molecular formula is C16H26N2O4. The van der Waals surface area contributed by atoms with Gasteiger partial charge in [-0.15, -0.1) is 0 Å². The molecule has 0 bridgehead atoms. The van der Waals surface area contributed by atoms with Gasteiger partial charge in [-0.25, -0.2) is 0 Å². The summed E-state index contributed by atoms with van der Waals surface area (Å²) < 4.78 is 4.40. The molecule has 0 saturated heterocycles. The number of nitrogens with two attached hydrogens (primary N) is 1. The molecule has 1 amide bonds. The molecule has 0 aromatic carbocycles. The van der Waals surface area contributed by atoms with Gasteiger partial charge in [0.15, 0.2) is 5.78 Å². The fraction of sp³-hybridized carbons (Fsp3) is 0.438. The summed E-state index contributed by atoms with van der Waals surface area (Å²) >= 11 is 0. The number of ether oxygens (including phenoxy) is 1. The Kier molecular flexibility index (Phi) is 15.0. The molecule has 3 N–H and O–H groups in total. The van der Waals surface area contributed by atoms with Crippen molar-refractivity contribution in [3.63, 3.8) is 0 Å². The molecule has 1 rings (SSSR count). The first-order valence-corrected chi connectivity index (χ1v) is 6.97. The van der Waals surface area contributed by atoms with Gasteiger partial charge < -0.3 is 15.8 Å². The number of amides is 1. The zero-order valence-electron chi connectivity index (χ0n) is 13.7. The van der Waals surface area contributed by atoms with Crippen molar-refractivity contribution >= 4 is 17.7 Å². The van der Waals surface area contributed by atoms with Crippen LogP contribution in [0.4, 0.5) is 0 Å². The Balaban J connectivity index is 0. The highest BCUT2D eigenvalue weighted by molar-refractivity contribution is 5.90. The molecule has 0 fully saturated rings. The lowest BCUT2D eigenvalue weighted by molar-refractivity contribution is -0.140. The van der Waals surface area contributed by atoms with E-state index in [0.717, 1.165) is 12.2 Å². The Morgan fingerprint density at radius 3 is 2.32 bits per heavy atom. The minimum absolute atomic E-state index is 0.168. The van der Waals surface area contributed by atoms with Crippen molar-refractivity contribution in [3.8, 4) is 0 Å². The fourth-order valence-corrected chi connectivity index (χ4v) is 1.16. The van der Waals surface area contributed by atoms with E-state index in [4.69, 9.17) is 0 Å². The van der Waals surface area contributed by atoms with Gasteiger partial charge in [0.05, 0.1) is 6.61 Å². The van der Waals surface area contributed by atoms with E-state index < -0.39 is 0 Å². The second kappa shape index (κ2) is 15.0. The van der Waals surface area contributed by atoms with Crippen molar-refractivity contribution in [2.24, 2.45) is 5.73 Å². The van der Waals surface area contributed by atoms with Gasteiger partial charge in [-0.05, 0) is 26.0 Å². The van der Waals surface area contributed by atoms with E-state index in [0.29, 0.717) is 13.0 Å². The number of rotatable bonds is 1. The number of allylic oxidation sites excluding steroid dienone is 6. The molecule has 0 saturated carbocycles. The summed E-state index contributed by atoms with van der Waals surface area (Å²) in [7, 11) is 0. The van der Waals surface area contributed by atoms with Gasteiger partial charge in [-0.1, -0.05) is 18.2 Å². The van der Waals surface area contributed by atoms with Crippen LogP contribution in [-0.2, 0) is 19.1 Å². The van der Waals surface area contributed by atoms with Crippen LogP contribution in [0.25, 0.3) is 0 Å². The summed E-state index contributed by atoms with van der Waals surface area (Å²) in [6.45, 7) is 7.67. The second-order valence-corrected chi connectivity index (χ2v) is 4.27. The first-order chi connectivity index (χ1) is 10.3. The predicted octanol–water partition coefficient (Wildman–Crippen LogP) is 1.63. The molecule has 22 heavy (non-hydrogen) atoms. The fourth-order valence-electron chi connectivity index (χ4n) is 1.16. The monoisotopic (exact) mass is 310 g/mol. The van der Waals surface area contributed by atoms with Crippen LogP contribution in [0, 0.1) is 0 Å². The summed E-state index contributed by atoms with van der Waals surface area (Å²) in [6, 6.07) is 0. The standard InChI is InChI=1S/C10H13NO.C4H8O2.C2H5NO/c1-9-5-3-2-4-6-10(12)7-8-11-9;1-3-6-4(2)5;1-2(3)4/h2-6,11H,7-8H2,1H3;3H2,1-2H3;1H3,(H2,3,4)/b3-2-,6-4+,9-5+;;. The molecule has 1 heterocycles. The topological polar surface area (TPSA) is 98.5 Å². The lowest BCUT2D eigenvalue weighted by atomic mass is 10.2. The van der Waals surface area contributed by atoms with Crippen molar-refractivity contribution < 1.29 is 19.1 Å². The average molecular weight is 310 g/mol. The minimum Gasteiger partial charge on any atom is -0.466 e. The highest BCUT2D eigenvalue weighted by Crippen LogP contribution is 1.93. The number of hydrogen-bond donors (Lipinski definition) is 2. The molecule has 6 nitrogen and oxygen atoms in total. The van der Waals surface area contributed by atoms with Gasteiger partial charge in [0.1, 0.15) is 0 Å². The third-order valence-corrected chi connectivity index (χ3v) is 1.97. The van der Waals surface area contributed by atoms with Crippen LogP contribution >= 0.6 is 0 Å². The molecule has 124 valence electrons. The molecule has 1 aliphatic rings. The average Bonchev–Trinajstić information content (AvgIpc) is 2.38. The Morgan fingerprint density at radius 2 is 1.86 bits per heavy atom. The number of esters is 1. The van der Waals surface area contributed by atoms with E-state index in [2.05, 4.69) is 15.8 Å². The van der Waals surface area contributed by atoms with E-state index in [-0.39, 0.29) is 17.7 Å². The summed E-state index contributed by atoms with van der Waals surface area (Å²) in [6.07, 6.45) is 9.70. The van der Waals surface area contributed by atoms with Gasteiger partial charge >= 0.3 is 5.97 Å². The molecule has 0 spiro atoms.